The molecule has 146 valence electrons. The molecule has 1 aromatic heterocycles. The minimum absolute atomic E-state index is 0.277. The monoisotopic (exact) mass is 380 g/mol. The van der Waals surface area contributed by atoms with Gasteiger partial charge in [0.1, 0.15) is 11.5 Å². The molecular weight excluding hydrogens is 355 g/mol. The second kappa shape index (κ2) is 7.64. The number of anilines is 2. The lowest BCUT2D eigenvalue weighted by Crippen LogP contribution is -2.41. The highest BCUT2D eigenvalue weighted by Crippen LogP contribution is 2.25. The molecule has 4 rings (SSSR count). The molecule has 2 aromatic carbocycles. The van der Waals surface area contributed by atoms with Crippen LogP contribution in [-0.2, 0) is 0 Å². The van der Waals surface area contributed by atoms with Gasteiger partial charge in [-0.25, -0.2) is 4.39 Å². The minimum atomic E-state index is -0.331. The number of fused-ring (bicyclic) bond motifs is 1. The van der Waals surface area contributed by atoms with Gasteiger partial charge in [-0.05, 0) is 62.7 Å². The number of nitrogens with zero attached hydrogens (tertiary/aromatic N) is 1. The Balaban J connectivity index is 1.51. The van der Waals surface area contributed by atoms with Gasteiger partial charge in [-0.1, -0.05) is 12.1 Å². The first-order valence-electron chi connectivity index (χ1n) is 9.66. The summed E-state index contributed by atoms with van der Waals surface area (Å²) < 4.78 is 14.0. The van der Waals surface area contributed by atoms with Crippen molar-refractivity contribution in [3.63, 3.8) is 0 Å². The molecule has 5 nitrogen and oxygen atoms in total. The smallest absolute Gasteiger partial charge is 0.272 e. The molecule has 1 aliphatic heterocycles. The molecule has 6 heteroatoms. The van der Waals surface area contributed by atoms with Crippen molar-refractivity contribution < 1.29 is 9.18 Å². The number of aromatic nitrogens is 1. The van der Waals surface area contributed by atoms with Crippen molar-refractivity contribution in [1.82, 2.24) is 10.3 Å². The maximum Gasteiger partial charge on any atom is 0.272 e. The molecule has 1 aliphatic rings. The lowest BCUT2D eigenvalue weighted by atomic mass is 10.0. The molecule has 0 unspecified atom stereocenters. The Kier molecular flexibility index (Phi) is 5.05. The molecule has 2 heterocycles. The predicted molar refractivity (Wildman–Crippen MR) is 112 cm³/mol. The second-order valence-electron chi connectivity index (χ2n) is 7.39. The molecule has 0 radical (unpaired) electrons. The molecular formula is C22H25FN4O. The maximum atomic E-state index is 14.0. The van der Waals surface area contributed by atoms with E-state index < -0.39 is 0 Å². The van der Waals surface area contributed by atoms with Crippen molar-refractivity contribution in [3.8, 4) is 0 Å². The van der Waals surface area contributed by atoms with Gasteiger partial charge in [-0.15, -0.1) is 0 Å². The number of rotatable bonds is 4. The van der Waals surface area contributed by atoms with Crippen LogP contribution in [-0.4, -0.2) is 37.1 Å². The zero-order valence-electron chi connectivity index (χ0n) is 16.2. The van der Waals surface area contributed by atoms with Crippen molar-refractivity contribution in [3.05, 3.63) is 59.5 Å². The van der Waals surface area contributed by atoms with E-state index in [0.29, 0.717) is 22.6 Å². The average molecular weight is 380 g/mol. The van der Waals surface area contributed by atoms with Crippen molar-refractivity contribution in [2.45, 2.75) is 25.8 Å². The van der Waals surface area contributed by atoms with Gasteiger partial charge in [0.2, 0.25) is 0 Å². The number of H-pyrrole nitrogens is 1. The maximum absolute atomic E-state index is 14.0. The standard InChI is InChI=1S/C22H25FN4O/c1-14-6-7-19(23)18-13-20(26-21(14)18)22(28)25-16-4-3-5-17(12-16)27-10-8-15(24-2)9-11-27/h3-7,12-13,15,24,26H,8-11H2,1-2H3,(H,25,28). The molecule has 3 aromatic rings. The number of hydrogen-bond donors (Lipinski definition) is 3. The van der Waals surface area contributed by atoms with Gasteiger partial charge < -0.3 is 20.5 Å². The number of benzene rings is 2. The van der Waals surface area contributed by atoms with Gasteiger partial charge in [-0.3, -0.25) is 4.79 Å². The Labute approximate surface area is 163 Å². The fourth-order valence-corrected chi connectivity index (χ4v) is 3.85. The van der Waals surface area contributed by atoms with Crippen molar-refractivity contribution in [1.29, 1.82) is 0 Å². The van der Waals surface area contributed by atoms with E-state index in [-0.39, 0.29) is 11.7 Å². The Morgan fingerprint density at radius 2 is 1.96 bits per heavy atom. The summed E-state index contributed by atoms with van der Waals surface area (Å²) in [6.45, 7) is 3.87. The van der Waals surface area contributed by atoms with Crippen LogP contribution >= 0.6 is 0 Å². The second-order valence-corrected chi connectivity index (χ2v) is 7.39. The summed E-state index contributed by atoms with van der Waals surface area (Å²) >= 11 is 0. The van der Waals surface area contributed by atoms with Crippen LogP contribution in [0.25, 0.3) is 10.9 Å². The predicted octanol–water partition coefficient (Wildman–Crippen LogP) is 4.06. The van der Waals surface area contributed by atoms with Crippen LogP contribution in [0, 0.1) is 12.7 Å². The fourth-order valence-electron chi connectivity index (χ4n) is 3.85. The highest BCUT2D eigenvalue weighted by molar-refractivity contribution is 6.06. The number of piperidine rings is 1. The number of halogens is 1. The first kappa shape index (κ1) is 18.5. The molecule has 0 atom stereocenters. The van der Waals surface area contributed by atoms with E-state index in [1.165, 1.54) is 6.07 Å². The average Bonchev–Trinajstić information content (AvgIpc) is 3.18. The van der Waals surface area contributed by atoms with Crippen LogP contribution in [0.3, 0.4) is 0 Å². The lowest BCUT2D eigenvalue weighted by Gasteiger charge is -2.33. The molecule has 0 spiro atoms. The zero-order chi connectivity index (χ0) is 19.7. The van der Waals surface area contributed by atoms with Crippen LogP contribution in [0.4, 0.5) is 15.8 Å². The number of amides is 1. The van der Waals surface area contributed by atoms with Crippen molar-refractivity contribution in [2.75, 3.05) is 30.4 Å². The Morgan fingerprint density at radius 1 is 1.18 bits per heavy atom. The third-order valence-electron chi connectivity index (χ3n) is 5.57. The third kappa shape index (κ3) is 3.60. The summed E-state index contributed by atoms with van der Waals surface area (Å²) in [5, 5.41) is 6.70. The summed E-state index contributed by atoms with van der Waals surface area (Å²) in [5.74, 6) is -0.607. The lowest BCUT2D eigenvalue weighted by molar-refractivity contribution is 0.102. The number of hydrogen-bond acceptors (Lipinski definition) is 3. The third-order valence-corrected chi connectivity index (χ3v) is 5.57. The van der Waals surface area contributed by atoms with E-state index in [1.807, 2.05) is 32.2 Å². The summed E-state index contributed by atoms with van der Waals surface area (Å²) in [4.78, 5) is 18.1. The van der Waals surface area contributed by atoms with Gasteiger partial charge in [-0.2, -0.15) is 0 Å². The van der Waals surface area contributed by atoms with Crippen LogP contribution < -0.4 is 15.5 Å². The van der Waals surface area contributed by atoms with E-state index >= 15 is 0 Å². The zero-order valence-corrected chi connectivity index (χ0v) is 16.2. The van der Waals surface area contributed by atoms with E-state index in [0.717, 1.165) is 42.9 Å². The Morgan fingerprint density at radius 3 is 2.68 bits per heavy atom. The topological polar surface area (TPSA) is 60.2 Å². The molecule has 0 aliphatic carbocycles. The normalized spacial score (nSPS) is 15.2. The first-order valence-corrected chi connectivity index (χ1v) is 9.66. The molecule has 0 saturated carbocycles. The molecule has 1 saturated heterocycles. The van der Waals surface area contributed by atoms with Crippen LogP contribution in [0.1, 0.15) is 28.9 Å². The summed E-state index contributed by atoms with van der Waals surface area (Å²) in [6, 6.07) is 13.2. The number of carbonyl (C=O) groups excluding carboxylic acids is 1. The van der Waals surface area contributed by atoms with E-state index in [4.69, 9.17) is 0 Å². The van der Waals surface area contributed by atoms with Crippen molar-refractivity contribution in [2.24, 2.45) is 0 Å². The number of nitrogens with one attached hydrogen (secondary N) is 3. The van der Waals surface area contributed by atoms with E-state index in [2.05, 4.69) is 26.6 Å². The van der Waals surface area contributed by atoms with Gasteiger partial charge >= 0.3 is 0 Å². The molecule has 0 bridgehead atoms. The highest BCUT2D eigenvalue weighted by atomic mass is 19.1. The van der Waals surface area contributed by atoms with E-state index in [1.54, 1.807) is 12.1 Å². The summed E-state index contributed by atoms with van der Waals surface area (Å²) in [7, 11) is 2.01. The largest absolute Gasteiger partial charge is 0.371 e. The molecule has 1 amide bonds. The Hall–Kier alpha value is -2.86. The van der Waals surface area contributed by atoms with Gasteiger partial charge in [0.25, 0.3) is 5.91 Å². The molecule has 1 fully saturated rings. The molecule has 3 N–H and O–H groups in total. The summed E-state index contributed by atoms with van der Waals surface area (Å²) in [5.41, 5.74) is 3.75. The molecule has 28 heavy (non-hydrogen) atoms. The van der Waals surface area contributed by atoms with Crippen molar-refractivity contribution >= 4 is 28.2 Å². The van der Waals surface area contributed by atoms with Gasteiger partial charge in [0, 0.05) is 35.9 Å². The number of aromatic amines is 1. The van der Waals surface area contributed by atoms with Crippen LogP contribution in [0.5, 0.6) is 0 Å². The fraction of sp³-hybridized carbons (Fsp3) is 0.318. The van der Waals surface area contributed by atoms with Gasteiger partial charge in [0.05, 0.1) is 5.52 Å². The Bertz CT molecular complexity index is 966. The van der Waals surface area contributed by atoms with E-state index in [9.17, 15) is 9.18 Å². The summed E-state index contributed by atoms with van der Waals surface area (Å²) in [6.07, 6.45) is 2.21. The number of aryl methyl sites for hydroxylation is 1. The number of carbonyl (C=O) groups is 1. The minimum Gasteiger partial charge on any atom is -0.371 e. The highest BCUT2D eigenvalue weighted by Gasteiger charge is 2.19. The van der Waals surface area contributed by atoms with Crippen LogP contribution in [0.15, 0.2) is 42.5 Å². The SMILES string of the molecule is CNC1CCN(c2cccc(NC(=O)c3cc4c(F)ccc(C)c4[nH]3)c2)CC1. The first-order chi connectivity index (χ1) is 13.5. The van der Waals surface area contributed by atoms with Crippen LogP contribution in [0.2, 0.25) is 0 Å². The van der Waals surface area contributed by atoms with Gasteiger partial charge in [0.15, 0.2) is 0 Å². The quantitative estimate of drug-likeness (QED) is 0.640.